The highest BCUT2D eigenvalue weighted by Crippen LogP contribution is 2.12. The third-order valence-corrected chi connectivity index (χ3v) is 3.37. The lowest BCUT2D eigenvalue weighted by Gasteiger charge is -2.20. The zero-order chi connectivity index (χ0) is 14.3. The molecule has 0 radical (unpaired) electrons. The Balaban J connectivity index is 2.52. The maximum atomic E-state index is 4.39. The Morgan fingerprint density at radius 1 is 1.21 bits per heavy atom. The fourth-order valence-electron chi connectivity index (χ4n) is 1.87. The van der Waals surface area contributed by atoms with Gasteiger partial charge in [-0.3, -0.25) is 0 Å². The molecule has 1 rings (SSSR count). The summed E-state index contributed by atoms with van der Waals surface area (Å²) in [5.74, 6) is 1.72. The average molecular weight is 263 g/mol. The van der Waals surface area contributed by atoms with Gasteiger partial charge in [0.05, 0.1) is 0 Å². The SMILES string of the molecule is CCC(CC)CNc1cc(CNC(C)(C)C)ccn1. The quantitative estimate of drug-likeness (QED) is 0.785. The van der Waals surface area contributed by atoms with E-state index in [1.807, 2.05) is 6.20 Å². The topological polar surface area (TPSA) is 37.0 Å². The van der Waals surface area contributed by atoms with Crippen LogP contribution in [-0.4, -0.2) is 17.1 Å². The molecule has 0 saturated carbocycles. The Morgan fingerprint density at radius 2 is 1.89 bits per heavy atom. The number of hydrogen-bond donors (Lipinski definition) is 2. The number of anilines is 1. The molecule has 0 atom stereocenters. The van der Waals surface area contributed by atoms with Gasteiger partial charge >= 0.3 is 0 Å². The van der Waals surface area contributed by atoms with Crippen molar-refractivity contribution in [2.24, 2.45) is 5.92 Å². The molecule has 19 heavy (non-hydrogen) atoms. The van der Waals surface area contributed by atoms with E-state index in [2.05, 4.69) is 62.4 Å². The minimum absolute atomic E-state index is 0.145. The van der Waals surface area contributed by atoms with Gasteiger partial charge in [0.25, 0.3) is 0 Å². The molecule has 3 nitrogen and oxygen atoms in total. The summed E-state index contributed by atoms with van der Waals surface area (Å²) in [7, 11) is 0. The Labute approximate surface area is 118 Å². The van der Waals surface area contributed by atoms with E-state index >= 15 is 0 Å². The van der Waals surface area contributed by atoms with E-state index in [0.717, 1.165) is 24.8 Å². The van der Waals surface area contributed by atoms with Crippen LogP contribution in [0.3, 0.4) is 0 Å². The number of nitrogens with zero attached hydrogens (tertiary/aromatic N) is 1. The second kappa shape index (κ2) is 7.49. The van der Waals surface area contributed by atoms with E-state index in [1.165, 1.54) is 18.4 Å². The van der Waals surface area contributed by atoms with Crippen molar-refractivity contribution in [2.75, 3.05) is 11.9 Å². The molecule has 0 aliphatic rings. The van der Waals surface area contributed by atoms with Crippen LogP contribution >= 0.6 is 0 Å². The first-order valence-electron chi connectivity index (χ1n) is 7.38. The van der Waals surface area contributed by atoms with Gasteiger partial charge in [-0.25, -0.2) is 4.98 Å². The van der Waals surface area contributed by atoms with E-state index < -0.39 is 0 Å². The van der Waals surface area contributed by atoms with Crippen LogP contribution in [0.25, 0.3) is 0 Å². The molecule has 2 N–H and O–H groups in total. The van der Waals surface area contributed by atoms with Gasteiger partial charge in [-0.05, 0) is 44.4 Å². The number of pyridine rings is 1. The first-order valence-corrected chi connectivity index (χ1v) is 7.38. The average Bonchev–Trinajstić information content (AvgIpc) is 2.37. The van der Waals surface area contributed by atoms with Gasteiger partial charge in [0.1, 0.15) is 5.82 Å². The van der Waals surface area contributed by atoms with E-state index in [4.69, 9.17) is 0 Å². The summed E-state index contributed by atoms with van der Waals surface area (Å²) in [6, 6.07) is 4.21. The van der Waals surface area contributed by atoms with Crippen LogP contribution in [0.15, 0.2) is 18.3 Å². The molecule has 0 aromatic carbocycles. The summed E-state index contributed by atoms with van der Waals surface area (Å²) in [4.78, 5) is 4.39. The Kier molecular flexibility index (Phi) is 6.29. The summed E-state index contributed by atoms with van der Waals surface area (Å²) >= 11 is 0. The number of aromatic nitrogens is 1. The fourth-order valence-corrected chi connectivity index (χ4v) is 1.87. The molecule has 3 heteroatoms. The van der Waals surface area contributed by atoms with Crippen molar-refractivity contribution in [3.63, 3.8) is 0 Å². The van der Waals surface area contributed by atoms with Gasteiger partial charge in [-0.15, -0.1) is 0 Å². The Bertz CT molecular complexity index is 365. The van der Waals surface area contributed by atoms with Crippen LogP contribution in [0.2, 0.25) is 0 Å². The zero-order valence-electron chi connectivity index (χ0n) is 13.1. The molecule has 0 aliphatic heterocycles. The van der Waals surface area contributed by atoms with Gasteiger partial charge < -0.3 is 10.6 Å². The largest absolute Gasteiger partial charge is 0.370 e. The highest BCUT2D eigenvalue weighted by Gasteiger charge is 2.09. The van der Waals surface area contributed by atoms with Crippen molar-refractivity contribution in [2.45, 2.75) is 59.5 Å². The molecular formula is C16H29N3. The predicted molar refractivity (Wildman–Crippen MR) is 83.4 cm³/mol. The molecule has 108 valence electrons. The second-order valence-corrected chi connectivity index (χ2v) is 6.22. The molecule has 0 saturated heterocycles. The highest BCUT2D eigenvalue weighted by molar-refractivity contribution is 5.37. The second-order valence-electron chi connectivity index (χ2n) is 6.22. The van der Waals surface area contributed by atoms with Crippen LogP contribution in [0.1, 0.15) is 53.0 Å². The summed E-state index contributed by atoms with van der Waals surface area (Å²) in [5, 5.41) is 6.94. The van der Waals surface area contributed by atoms with Gasteiger partial charge in [-0.2, -0.15) is 0 Å². The highest BCUT2D eigenvalue weighted by atomic mass is 15.0. The zero-order valence-corrected chi connectivity index (χ0v) is 13.1. The van der Waals surface area contributed by atoms with Gasteiger partial charge in [0.15, 0.2) is 0 Å². The maximum Gasteiger partial charge on any atom is 0.126 e. The normalized spacial score (nSPS) is 11.9. The van der Waals surface area contributed by atoms with Crippen molar-refractivity contribution >= 4 is 5.82 Å². The Hall–Kier alpha value is -1.09. The van der Waals surface area contributed by atoms with E-state index in [0.29, 0.717) is 0 Å². The lowest BCUT2D eigenvalue weighted by Crippen LogP contribution is -2.35. The predicted octanol–water partition coefficient (Wildman–Crippen LogP) is 3.82. The maximum absolute atomic E-state index is 4.39. The lowest BCUT2D eigenvalue weighted by molar-refractivity contribution is 0.424. The molecule has 0 amide bonds. The number of hydrogen-bond acceptors (Lipinski definition) is 3. The molecular weight excluding hydrogens is 234 g/mol. The van der Waals surface area contributed by atoms with Crippen molar-refractivity contribution < 1.29 is 0 Å². The number of nitrogens with one attached hydrogen (secondary N) is 2. The number of rotatable bonds is 7. The van der Waals surface area contributed by atoms with Gasteiger partial charge in [-0.1, -0.05) is 26.7 Å². The van der Waals surface area contributed by atoms with Crippen LogP contribution < -0.4 is 10.6 Å². The van der Waals surface area contributed by atoms with Crippen molar-refractivity contribution in [1.82, 2.24) is 10.3 Å². The van der Waals surface area contributed by atoms with Crippen molar-refractivity contribution in [3.05, 3.63) is 23.9 Å². The molecule has 0 spiro atoms. The van der Waals surface area contributed by atoms with Crippen LogP contribution in [0.4, 0.5) is 5.82 Å². The van der Waals surface area contributed by atoms with Crippen molar-refractivity contribution in [3.8, 4) is 0 Å². The minimum Gasteiger partial charge on any atom is -0.370 e. The van der Waals surface area contributed by atoms with Crippen LogP contribution in [0, 0.1) is 5.92 Å². The third kappa shape index (κ3) is 6.58. The first-order chi connectivity index (χ1) is 8.94. The molecule has 0 aliphatic carbocycles. The third-order valence-electron chi connectivity index (χ3n) is 3.37. The standard InChI is InChI=1S/C16H29N3/c1-6-13(7-2)11-18-15-10-14(8-9-17-15)12-19-16(3,4)5/h8-10,13,19H,6-7,11-12H2,1-5H3,(H,17,18). The molecule has 0 unspecified atom stereocenters. The minimum atomic E-state index is 0.145. The van der Waals surface area contributed by atoms with E-state index in [1.54, 1.807) is 0 Å². The lowest BCUT2D eigenvalue weighted by atomic mass is 10.0. The molecule has 1 heterocycles. The molecule has 0 bridgehead atoms. The molecule has 0 fully saturated rings. The monoisotopic (exact) mass is 263 g/mol. The molecule has 1 aromatic heterocycles. The van der Waals surface area contributed by atoms with Gasteiger partial charge in [0, 0.05) is 24.8 Å². The fraction of sp³-hybridized carbons (Fsp3) is 0.688. The van der Waals surface area contributed by atoms with E-state index in [-0.39, 0.29) is 5.54 Å². The summed E-state index contributed by atoms with van der Waals surface area (Å²) < 4.78 is 0. The van der Waals surface area contributed by atoms with E-state index in [9.17, 15) is 0 Å². The summed E-state index contributed by atoms with van der Waals surface area (Å²) in [6.07, 6.45) is 4.32. The molecule has 1 aromatic rings. The van der Waals surface area contributed by atoms with Gasteiger partial charge in [0.2, 0.25) is 0 Å². The van der Waals surface area contributed by atoms with Crippen LogP contribution in [-0.2, 0) is 6.54 Å². The Morgan fingerprint density at radius 3 is 2.47 bits per heavy atom. The summed E-state index contributed by atoms with van der Waals surface area (Å²) in [6.45, 7) is 12.9. The first kappa shape index (κ1) is 16.0. The smallest absolute Gasteiger partial charge is 0.126 e. The van der Waals surface area contributed by atoms with Crippen molar-refractivity contribution in [1.29, 1.82) is 0 Å². The van der Waals surface area contributed by atoms with Crippen LogP contribution in [0.5, 0.6) is 0 Å². The summed E-state index contributed by atoms with van der Waals surface area (Å²) in [5.41, 5.74) is 1.42.